The summed E-state index contributed by atoms with van der Waals surface area (Å²) in [4.78, 5) is 21.8. The molecule has 2 radical (unpaired) electrons. The minimum atomic E-state index is -0.300. The van der Waals surface area contributed by atoms with Crippen LogP contribution in [0.4, 0.5) is 0 Å². The Bertz CT molecular complexity index is 1300. The summed E-state index contributed by atoms with van der Waals surface area (Å²) in [6.45, 7) is 0. The molecule has 0 aliphatic carbocycles. The molecular weight excluding hydrogens is 641 g/mol. The minimum absolute atomic E-state index is 0.300. The van der Waals surface area contributed by atoms with Gasteiger partial charge >= 0.3 is 58.3 Å². The van der Waals surface area contributed by atoms with Crippen LogP contribution in [0.1, 0.15) is 20.7 Å². The molecule has 5 heteroatoms. The van der Waals surface area contributed by atoms with E-state index in [0.717, 1.165) is 21.5 Å². The van der Waals surface area contributed by atoms with Crippen LogP contribution < -0.4 is 3.27 Å². The summed E-state index contributed by atoms with van der Waals surface area (Å²) in [6.07, 6.45) is 0. The monoisotopic (exact) mass is 660 g/mol. The number of hydrogen-bond donors (Lipinski definition) is 0. The van der Waals surface area contributed by atoms with Gasteiger partial charge in [-0.1, -0.05) is 72.8 Å². The molecule has 5 aromatic carbocycles. The van der Waals surface area contributed by atoms with Gasteiger partial charge in [-0.25, -0.2) is 0 Å². The molecule has 2 nitrogen and oxygen atoms in total. The molecular formula is C28H19BiO2S2. The van der Waals surface area contributed by atoms with Crippen molar-refractivity contribution in [1.29, 1.82) is 0 Å². The van der Waals surface area contributed by atoms with Crippen LogP contribution in [0.2, 0.25) is 0 Å². The normalized spacial score (nSPS) is 9.82. The van der Waals surface area contributed by atoms with Crippen molar-refractivity contribution >= 4 is 85.0 Å². The van der Waals surface area contributed by atoms with Gasteiger partial charge in [-0.15, -0.1) is 0 Å². The molecule has 0 bridgehead atoms. The van der Waals surface area contributed by atoms with Crippen LogP contribution in [0.5, 0.6) is 0 Å². The molecule has 5 aromatic rings. The van der Waals surface area contributed by atoms with Gasteiger partial charge in [0.05, 0.1) is 0 Å². The van der Waals surface area contributed by atoms with E-state index < -0.39 is 0 Å². The van der Waals surface area contributed by atoms with Crippen LogP contribution in [-0.4, -0.2) is 34.9 Å². The molecule has 0 atom stereocenters. The summed E-state index contributed by atoms with van der Waals surface area (Å²) in [7, 11) is 0. The van der Waals surface area contributed by atoms with Gasteiger partial charge in [-0.3, -0.25) is 0 Å². The second-order valence-corrected chi connectivity index (χ2v) is 9.78. The zero-order chi connectivity index (χ0) is 23.6. The molecule has 0 aliphatic rings. The van der Waals surface area contributed by atoms with Crippen LogP contribution in [0, 0.1) is 0 Å². The fraction of sp³-hybridized carbons (Fsp3) is 0. The van der Waals surface area contributed by atoms with Gasteiger partial charge in [-0.05, 0) is 44.8 Å². The fourth-order valence-electron chi connectivity index (χ4n) is 3.06. The van der Waals surface area contributed by atoms with Crippen LogP contribution in [0.25, 0.3) is 21.5 Å². The second-order valence-electron chi connectivity index (χ2n) is 7.03. The van der Waals surface area contributed by atoms with Crippen molar-refractivity contribution in [1.82, 2.24) is 0 Å². The Morgan fingerprint density at radius 3 is 1.18 bits per heavy atom. The number of fused-ring (bicyclic) bond motifs is 2. The van der Waals surface area contributed by atoms with Crippen molar-refractivity contribution in [2.45, 2.75) is 0 Å². The molecule has 0 aliphatic heterocycles. The molecule has 0 aromatic heterocycles. The van der Waals surface area contributed by atoms with Crippen LogP contribution in [0.15, 0.2) is 115 Å². The SMILES string of the molecule is O=C([S-])c1ccc2ccccc2c1.O=C([S-])c1ccc2ccccc2c1.[Bi+2][c]1ccccc1. The summed E-state index contributed by atoms with van der Waals surface area (Å²) in [6, 6.07) is 37.2. The molecule has 5 rings (SSSR count). The average molecular weight is 661 g/mol. The van der Waals surface area contributed by atoms with E-state index in [1.54, 1.807) is 12.1 Å². The van der Waals surface area contributed by atoms with Crippen molar-refractivity contribution in [2.75, 3.05) is 0 Å². The van der Waals surface area contributed by atoms with Gasteiger partial charge in [0.1, 0.15) is 0 Å². The maximum atomic E-state index is 10.9. The van der Waals surface area contributed by atoms with E-state index in [9.17, 15) is 9.59 Å². The molecule has 160 valence electrons. The van der Waals surface area contributed by atoms with E-state index in [0.29, 0.717) is 11.1 Å². The van der Waals surface area contributed by atoms with E-state index in [4.69, 9.17) is 0 Å². The molecule has 0 saturated heterocycles. The number of carbonyl (C=O) groups is 2. The van der Waals surface area contributed by atoms with Gasteiger partial charge in [-0.2, -0.15) is 0 Å². The quantitative estimate of drug-likeness (QED) is 0.184. The predicted molar refractivity (Wildman–Crippen MR) is 143 cm³/mol. The molecule has 33 heavy (non-hydrogen) atoms. The third-order valence-electron chi connectivity index (χ3n) is 4.73. The Kier molecular flexibility index (Phi) is 9.44. The summed E-state index contributed by atoms with van der Waals surface area (Å²) in [5.41, 5.74) is 1.18. The van der Waals surface area contributed by atoms with E-state index in [2.05, 4.69) is 49.5 Å². The Balaban J connectivity index is 0.000000146. The second kappa shape index (κ2) is 12.5. The van der Waals surface area contributed by atoms with Crippen LogP contribution >= 0.6 is 0 Å². The number of carbonyl (C=O) groups excluding carboxylic acids is 2. The molecule has 0 fully saturated rings. The first-order valence-electron chi connectivity index (χ1n) is 10.1. The van der Waals surface area contributed by atoms with E-state index in [1.807, 2.05) is 78.9 Å². The van der Waals surface area contributed by atoms with Gasteiger partial charge in [0.2, 0.25) is 0 Å². The molecule has 0 amide bonds. The summed E-state index contributed by atoms with van der Waals surface area (Å²) in [5.74, 6) is 0. The van der Waals surface area contributed by atoms with E-state index >= 15 is 0 Å². The number of benzene rings is 5. The third kappa shape index (κ3) is 7.68. The first-order chi connectivity index (χ1) is 15.9. The molecule has 0 saturated carbocycles. The number of hydrogen-bond acceptors (Lipinski definition) is 4. The Morgan fingerprint density at radius 2 is 0.848 bits per heavy atom. The molecule has 0 unspecified atom stereocenters. The van der Waals surface area contributed by atoms with Crippen LogP contribution in [0.3, 0.4) is 0 Å². The first kappa shape index (κ1) is 24.9. The topological polar surface area (TPSA) is 34.1 Å². The van der Waals surface area contributed by atoms with Crippen molar-refractivity contribution in [3.63, 3.8) is 0 Å². The molecule has 0 spiro atoms. The van der Waals surface area contributed by atoms with E-state index in [-0.39, 0.29) is 10.2 Å². The van der Waals surface area contributed by atoms with Gasteiger partial charge in [0.15, 0.2) is 0 Å². The Labute approximate surface area is 219 Å². The molecule has 0 N–H and O–H groups in total. The van der Waals surface area contributed by atoms with Crippen molar-refractivity contribution < 1.29 is 9.59 Å². The zero-order valence-electron chi connectivity index (χ0n) is 17.5. The third-order valence-corrected chi connectivity index (χ3v) is 6.36. The summed E-state index contributed by atoms with van der Waals surface area (Å²) in [5, 5.41) is 3.76. The van der Waals surface area contributed by atoms with Crippen LogP contribution in [-0.2, 0) is 25.3 Å². The Morgan fingerprint density at radius 1 is 0.485 bits per heavy atom. The standard InChI is InChI=1S/2C11H8OS.C6H5.Bi/c2*12-11(13)10-6-5-8-3-1-2-4-9(8)7-10;1-2-4-6-5-3-1;/h2*1-7H,(H,12,13);1-5H;/q;;;+2/p-2. The maximum absolute atomic E-state index is 10.9. The van der Waals surface area contributed by atoms with Crippen molar-refractivity contribution in [3.8, 4) is 0 Å². The first-order valence-corrected chi connectivity index (χ1v) is 12.6. The van der Waals surface area contributed by atoms with Crippen molar-refractivity contribution in [3.05, 3.63) is 126 Å². The Hall–Kier alpha value is -2.72. The predicted octanol–water partition coefficient (Wildman–Crippen LogP) is 5.53. The van der Waals surface area contributed by atoms with Crippen molar-refractivity contribution in [2.24, 2.45) is 0 Å². The van der Waals surface area contributed by atoms with Gasteiger partial charge < -0.3 is 34.8 Å². The van der Waals surface area contributed by atoms with E-state index in [1.165, 1.54) is 28.0 Å². The van der Waals surface area contributed by atoms with Gasteiger partial charge in [0, 0.05) is 10.2 Å². The zero-order valence-corrected chi connectivity index (χ0v) is 22.7. The molecule has 0 heterocycles. The fourth-order valence-corrected chi connectivity index (χ4v) is 3.98. The summed E-state index contributed by atoms with van der Waals surface area (Å²) < 4.78 is 1.43. The van der Waals surface area contributed by atoms with Gasteiger partial charge in [0.25, 0.3) is 0 Å². The number of rotatable bonds is 2. The summed E-state index contributed by atoms with van der Waals surface area (Å²) >= 11 is 10.5. The average Bonchev–Trinajstić information content (AvgIpc) is 2.84.